The first-order valence-corrected chi connectivity index (χ1v) is 7.81. The van der Waals surface area contributed by atoms with Crippen LogP contribution < -0.4 is 0 Å². The lowest BCUT2D eigenvalue weighted by molar-refractivity contribution is -0.385. The Hall–Kier alpha value is -2.74. The van der Waals surface area contributed by atoms with E-state index in [1.807, 2.05) is 18.2 Å². The molecule has 2 aromatic carbocycles. The normalized spacial score (nSPS) is 16.5. The summed E-state index contributed by atoms with van der Waals surface area (Å²) in [5, 5.41) is 16.4. The highest BCUT2D eigenvalue weighted by atomic mass is 79.9. The van der Waals surface area contributed by atoms with E-state index < -0.39 is 11.2 Å². The molecular weight excluding hydrogens is 378 g/mol. The molecule has 3 rings (SSSR count). The summed E-state index contributed by atoms with van der Waals surface area (Å²) in [7, 11) is 0. The zero-order valence-electron chi connectivity index (χ0n) is 12.5. The van der Waals surface area contributed by atoms with Gasteiger partial charge in [-0.2, -0.15) is 5.01 Å². The monoisotopic (exact) mass is 389 g/mol. The Kier molecular flexibility index (Phi) is 4.30. The van der Waals surface area contributed by atoms with Crippen LogP contribution in [0.15, 0.2) is 58.1 Å². The molecule has 0 saturated heterocycles. The van der Waals surface area contributed by atoms with Crippen LogP contribution in [0, 0.1) is 10.1 Å². The zero-order valence-corrected chi connectivity index (χ0v) is 14.1. The Bertz CT molecular complexity index is 853. The number of hydrogen-bond donors (Lipinski definition) is 0. The number of rotatable bonds is 3. The third-order valence-corrected chi connectivity index (χ3v) is 4.13. The van der Waals surface area contributed by atoms with Crippen molar-refractivity contribution >= 4 is 33.4 Å². The van der Waals surface area contributed by atoms with Crippen molar-refractivity contribution in [2.45, 2.75) is 13.2 Å². The van der Waals surface area contributed by atoms with E-state index in [1.54, 1.807) is 18.2 Å². The summed E-state index contributed by atoms with van der Waals surface area (Å²) in [5.41, 5.74) is 1.09. The van der Waals surface area contributed by atoms with Crippen LogP contribution >= 0.6 is 15.9 Å². The van der Waals surface area contributed by atoms with Crippen LogP contribution in [-0.2, 0) is 9.53 Å². The van der Waals surface area contributed by atoms with Crippen LogP contribution in [-0.4, -0.2) is 21.7 Å². The second kappa shape index (κ2) is 6.40. The number of halogens is 1. The summed E-state index contributed by atoms with van der Waals surface area (Å²) in [5.74, 6) is -0.0530. The lowest BCUT2D eigenvalue weighted by Crippen LogP contribution is -2.25. The molecule has 0 aromatic heterocycles. The first-order valence-electron chi connectivity index (χ1n) is 7.01. The van der Waals surface area contributed by atoms with Gasteiger partial charge in [0.2, 0.25) is 18.0 Å². The second-order valence-corrected chi connectivity index (χ2v) is 5.93. The van der Waals surface area contributed by atoms with Gasteiger partial charge in [-0.1, -0.05) is 24.3 Å². The molecule has 0 aliphatic carbocycles. The van der Waals surface area contributed by atoms with Gasteiger partial charge in [0.15, 0.2) is 0 Å². The van der Waals surface area contributed by atoms with E-state index in [2.05, 4.69) is 21.0 Å². The van der Waals surface area contributed by atoms with Crippen molar-refractivity contribution in [2.24, 2.45) is 5.10 Å². The third kappa shape index (κ3) is 3.00. The first-order chi connectivity index (χ1) is 11.5. The second-order valence-electron chi connectivity index (χ2n) is 5.07. The van der Waals surface area contributed by atoms with Gasteiger partial charge in [-0.3, -0.25) is 14.9 Å². The molecule has 24 heavy (non-hydrogen) atoms. The number of non-ortho nitro benzene ring substituents is 1. The van der Waals surface area contributed by atoms with Gasteiger partial charge in [0.25, 0.3) is 5.69 Å². The molecule has 2 aromatic rings. The van der Waals surface area contributed by atoms with Gasteiger partial charge < -0.3 is 4.74 Å². The zero-order chi connectivity index (χ0) is 17.3. The van der Waals surface area contributed by atoms with Crippen LogP contribution in [0.3, 0.4) is 0 Å². The minimum Gasteiger partial charge on any atom is -0.446 e. The van der Waals surface area contributed by atoms with E-state index in [-0.39, 0.29) is 17.5 Å². The molecule has 122 valence electrons. The maximum Gasteiger partial charge on any atom is 0.269 e. The molecular formula is C16H12BrN3O4. The fraction of sp³-hybridized carbons (Fsp3) is 0.125. The van der Waals surface area contributed by atoms with Crippen molar-refractivity contribution in [3.8, 4) is 0 Å². The molecule has 1 unspecified atom stereocenters. The molecule has 1 atom stereocenters. The molecule has 8 heteroatoms. The van der Waals surface area contributed by atoms with Crippen molar-refractivity contribution in [1.82, 2.24) is 5.01 Å². The van der Waals surface area contributed by atoms with Crippen LogP contribution in [0.1, 0.15) is 24.3 Å². The van der Waals surface area contributed by atoms with Gasteiger partial charge in [0, 0.05) is 29.1 Å². The summed E-state index contributed by atoms with van der Waals surface area (Å²) in [6, 6.07) is 13.3. The lowest BCUT2D eigenvalue weighted by Gasteiger charge is -2.19. The lowest BCUT2D eigenvalue weighted by atomic mass is 10.1. The van der Waals surface area contributed by atoms with Crippen molar-refractivity contribution in [1.29, 1.82) is 0 Å². The highest BCUT2D eigenvalue weighted by Gasteiger charge is 2.34. The number of hydrazone groups is 1. The predicted molar refractivity (Wildman–Crippen MR) is 90.1 cm³/mol. The van der Waals surface area contributed by atoms with Crippen molar-refractivity contribution in [3.05, 3.63) is 74.2 Å². The van der Waals surface area contributed by atoms with Crippen LogP contribution in [0.5, 0.6) is 0 Å². The van der Waals surface area contributed by atoms with E-state index in [0.717, 1.165) is 4.47 Å². The van der Waals surface area contributed by atoms with Crippen LogP contribution in [0.25, 0.3) is 0 Å². The van der Waals surface area contributed by atoms with Gasteiger partial charge in [-0.15, -0.1) is 5.10 Å². The standard InChI is InChI=1S/C16H12BrN3O4/c1-10(21)19-16(11-5-4-6-12(9-11)20(22)23)24-15(18-19)13-7-2-3-8-14(13)17/h2-9,16H,1H3. The number of benzene rings is 2. The number of nitro benzene ring substituents is 1. The fourth-order valence-electron chi connectivity index (χ4n) is 2.32. The van der Waals surface area contributed by atoms with Crippen LogP contribution in [0.2, 0.25) is 0 Å². The molecule has 0 fully saturated rings. The molecule has 1 heterocycles. The van der Waals surface area contributed by atoms with E-state index in [1.165, 1.54) is 24.1 Å². The van der Waals surface area contributed by atoms with Crippen molar-refractivity contribution in [2.75, 3.05) is 0 Å². The molecule has 0 bridgehead atoms. The number of amides is 1. The number of nitrogens with zero attached hydrogens (tertiary/aromatic N) is 3. The number of carbonyl (C=O) groups excluding carboxylic acids is 1. The summed E-state index contributed by atoms with van der Waals surface area (Å²) in [4.78, 5) is 22.4. The van der Waals surface area contributed by atoms with E-state index in [9.17, 15) is 14.9 Å². The minimum atomic E-state index is -0.843. The third-order valence-electron chi connectivity index (χ3n) is 3.44. The highest BCUT2D eigenvalue weighted by molar-refractivity contribution is 9.10. The smallest absolute Gasteiger partial charge is 0.269 e. The highest BCUT2D eigenvalue weighted by Crippen LogP contribution is 2.33. The molecule has 1 amide bonds. The fourth-order valence-corrected chi connectivity index (χ4v) is 2.77. The van der Waals surface area contributed by atoms with Crippen LogP contribution in [0.4, 0.5) is 5.69 Å². The average molecular weight is 390 g/mol. The number of nitro groups is 1. The SMILES string of the molecule is CC(=O)N1N=C(c2ccccc2Br)OC1c1cccc([N+](=O)[O-])c1. The largest absolute Gasteiger partial charge is 0.446 e. The summed E-state index contributed by atoms with van der Waals surface area (Å²) in [6.07, 6.45) is -0.843. The molecule has 1 aliphatic rings. The van der Waals surface area contributed by atoms with Gasteiger partial charge in [-0.25, -0.2) is 0 Å². The van der Waals surface area contributed by atoms with E-state index >= 15 is 0 Å². The molecule has 1 aliphatic heterocycles. The van der Waals surface area contributed by atoms with E-state index in [4.69, 9.17) is 4.74 Å². The predicted octanol–water partition coefficient (Wildman–Crippen LogP) is 3.60. The molecule has 0 N–H and O–H groups in total. The Balaban J connectivity index is 1.99. The molecule has 7 nitrogen and oxygen atoms in total. The summed E-state index contributed by atoms with van der Waals surface area (Å²) in [6.45, 7) is 1.36. The maximum atomic E-state index is 11.9. The molecule has 0 spiro atoms. The number of carbonyl (C=O) groups is 1. The molecule has 0 saturated carbocycles. The number of ether oxygens (including phenoxy) is 1. The average Bonchev–Trinajstić information content (AvgIpc) is 3.01. The van der Waals surface area contributed by atoms with E-state index in [0.29, 0.717) is 11.1 Å². The van der Waals surface area contributed by atoms with Gasteiger partial charge in [0.05, 0.1) is 10.5 Å². The summed E-state index contributed by atoms with van der Waals surface area (Å²) < 4.78 is 6.60. The quantitative estimate of drug-likeness (QED) is 0.592. The maximum absolute atomic E-state index is 11.9. The van der Waals surface area contributed by atoms with Gasteiger partial charge in [0.1, 0.15) is 0 Å². The summed E-state index contributed by atoms with van der Waals surface area (Å²) >= 11 is 3.42. The Morgan fingerprint density at radius 3 is 2.71 bits per heavy atom. The topological polar surface area (TPSA) is 85.0 Å². The van der Waals surface area contributed by atoms with Crippen molar-refractivity contribution < 1.29 is 14.5 Å². The Morgan fingerprint density at radius 2 is 2.04 bits per heavy atom. The number of hydrogen-bond acceptors (Lipinski definition) is 5. The molecule has 0 radical (unpaired) electrons. The Labute approximate surface area is 145 Å². The Morgan fingerprint density at radius 1 is 1.29 bits per heavy atom. The van der Waals surface area contributed by atoms with Gasteiger partial charge >= 0.3 is 0 Å². The first kappa shape index (κ1) is 16.1. The minimum absolute atomic E-state index is 0.0751. The van der Waals surface area contributed by atoms with Crippen molar-refractivity contribution in [3.63, 3.8) is 0 Å². The van der Waals surface area contributed by atoms with Gasteiger partial charge in [-0.05, 0) is 28.1 Å².